The van der Waals surface area contributed by atoms with E-state index in [2.05, 4.69) is 21.3 Å². The van der Waals surface area contributed by atoms with Crippen molar-refractivity contribution in [1.82, 2.24) is 14.8 Å². The Morgan fingerprint density at radius 3 is 2.41 bits per heavy atom. The molecule has 1 amide bonds. The molecule has 5 heteroatoms. The summed E-state index contributed by atoms with van der Waals surface area (Å²) < 4.78 is 0. The molecule has 0 bridgehead atoms. The second-order valence-corrected chi connectivity index (χ2v) is 6.64. The minimum absolute atomic E-state index is 0.153. The van der Waals surface area contributed by atoms with Gasteiger partial charge in [0, 0.05) is 43.7 Å². The number of thiazole rings is 1. The number of piperazine rings is 1. The van der Waals surface area contributed by atoms with Crippen LogP contribution < -0.4 is 0 Å². The van der Waals surface area contributed by atoms with Gasteiger partial charge in [0.2, 0.25) is 0 Å². The van der Waals surface area contributed by atoms with Crippen molar-refractivity contribution in [2.24, 2.45) is 0 Å². The number of carbonyl (C=O) groups excluding carboxylic acids is 1. The number of aromatic nitrogens is 1. The monoisotopic (exact) mass is 315 g/mol. The lowest BCUT2D eigenvalue weighted by atomic mass is 10.1. The minimum atomic E-state index is 0.153. The number of benzene rings is 1. The molecule has 0 N–H and O–H groups in total. The van der Waals surface area contributed by atoms with E-state index in [1.165, 1.54) is 0 Å². The summed E-state index contributed by atoms with van der Waals surface area (Å²) in [4.78, 5) is 21.3. The first kappa shape index (κ1) is 15.2. The molecule has 116 valence electrons. The van der Waals surface area contributed by atoms with Gasteiger partial charge in [-0.1, -0.05) is 17.2 Å². The van der Waals surface area contributed by atoms with Crippen LogP contribution in [0.2, 0.25) is 0 Å². The normalized spacial score (nSPS) is 16.0. The minimum Gasteiger partial charge on any atom is -0.336 e. The van der Waals surface area contributed by atoms with Crippen LogP contribution in [0.15, 0.2) is 29.1 Å². The highest BCUT2D eigenvalue weighted by Crippen LogP contribution is 2.14. The SMILES string of the molecule is Cc1cc(C)cc(C(=O)N2CCN(Cc3cscn3)CC2)c1. The van der Waals surface area contributed by atoms with E-state index in [9.17, 15) is 4.79 Å². The summed E-state index contributed by atoms with van der Waals surface area (Å²) in [6, 6.07) is 6.07. The van der Waals surface area contributed by atoms with Crippen LogP contribution in [0.4, 0.5) is 0 Å². The molecule has 1 aliphatic heterocycles. The molecule has 22 heavy (non-hydrogen) atoms. The number of aryl methyl sites for hydroxylation is 2. The fourth-order valence-electron chi connectivity index (χ4n) is 2.93. The Bertz CT molecular complexity index is 626. The fraction of sp³-hybridized carbons (Fsp3) is 0.412. The molecule has 2 heterocycles. The van der Waals surface area contributed by atoms with E-state index in [4.69, 9.17) is 0 Å². The summed E-state index contributed by atoms with van der Waals surface area (Å²) in [5, 5.41) is 2.09. The summed E-state index contributed by atoms with van der Waals surface area (Å²) in [7, 11) is 0. The van der Waals surface area contributed by atoms with E-state index in [-0.39, 0.29) is 5.91 Å². The van der Waals surface area contributed by atoms with E-state index in [1.54, 1.807) is 11.3 Å². The number of hydrogen-bond acceptors (Lipinski definition) is 4. The maximum Gasteiger partial charge on any atom is 0.253 e. The standard InChI is InChI=1S/C17H21N3OS/c1-13-7-14(2)9-15(8-13)17(21)20-5-3-19(4-6-20)10-16-11-22-12-18-16/h7-9,11-12H,3-6,10H2,1-2H3. The van der Waals surface area contributed by atoms with E-state index in [1.807, 2.05) is 36.4 Å². The molecule has 2 aromatic rings. The van der Waals surface area contributed by atoms with E-state index >= 15 is 0 Å². The molecule has 0 unspecified atom stereocenters. The Kier molecular flexibility index (Phi) is 4.55. The van der Waals surface area contributed by atoms with Crippen molar-refractivity contribution in [3.05, 3.63) is 51.5 Å². The number of rotatable bonds is 3. The summed E-state index contributed by atoms with van der Waals surface area (Å²) in [6.45, 7) is 8.36. The van der Waals surface area contributed by atoms with Gasteiger partial charge in [0.05, 0.1) is 11.2 Å². The molecule has 1 aromatic carbocycles. The first-order valence-electron chi connectivity index (χ1n) is 7.59. The maximum absolute atomic E-state index is 12.6. The van der Waals surface area contributed by atoms with E-state index in [0.29, 0.717) is 0 Å². The van der Waals surface area contributed by atoms with Crippen molar-refractivity contribution in [2.45, 2.75) is 20.4 Å². The molecular weight excluding hydrogens is 294 g/mol. The number of hydrogen-bond donors (Lipinski definition) is 0. The number of nitrogens with zero attached hydrogens (tertiary/aromatic N) is 3. The van der Waals surface area contributed by atoms with Crippen LogP contribution in [0.3, 0.4) is 0 Å². The Morgan fingerprint density at radius 2 is 1.82 bits per heavy atom. The van der Waals surface area contributed by atoms with Crippen molar-refractivity contribution >= 4 is 17.2 Å². The average molecular weight is 315 g/mol. The second-order valence-electron chi connectivity index (χ2n) is 5.92. The van der Waals surface area contributed by atoms with Crippen molar-refractivity contribution in [3.8, 4) is 0 Å². The van der Waals surface area contributed by atoms with Gasteiger partial charge in [0.25, 0.3) is 5.91 Å². The number of amides is 1. The van der Waals surface area contributed by atoms with Gasteiger partial charge in [0.15, 0.2) is 0 Å². The van der Waals surface area contributed by atoms with Gasteiger partial charge in [-0.2, -0.15) is 0 Å². The average Bonchev–Trinajstić information content (AvgIpc) is 2.99. The zero-order valence-electron chi connectivity index (χ0n) is 13.1. The third kappa shape index (κ3) is 3.54. The third-order valence-corrected chi connectivity index (χ3v) is 4.63. The molecule has 0 atom stereocenters. The zero-order valence-corrected chi connectivity index (χ0v) is 13.9. The Balaban J connectivity index is 1.59. The molecule has 1 aliphatic rings. The lowest BCUT2D eigenvalue weighted by Gasteiger charge is -2.34. The van der Waals surface area contributed by atoms with Crippen LogP contribution in [0.25, 0.3) is 0 Å². The molecule has 0 radical (unpaired) electrons. The van der Waals surface area contributed by atoms with Crippen LogP contribution in [0, 0.1) is 13.8 Å². The highest BCUT2D eigenvalue weighted by atomic mass is 32.1. The highest BCUT2D eigenvalue weighted by molar-refractivity contribution is 7.07. The predicted octanol–water partition coefficient (Wildman–Crippen LogP) is 2.72. The lowest BCUT2D eigenvalue weighted by molar-refractivity contribution is 0.0627. The summed E-state index contributed by atoms with van der Waals surface area (Å²) in [6.07, 6.45) is 0. The first-order chi connectivity index (χ1) is 10.6. The molecule has 4 nitrogen and oxygen atoms in total. The smallest absolute Gasteiger partial charge is 0.253 e. The van der Waals surface area contributed by atoms with Gasteiger partial charge >= 0.3 is 0 Å². The van der Waals surface area contributed by atoms with Gasteiger partial charge in [-0.3, -0.25) is 9.69 Å². The van der Waals surface area contributed by atoms with Crippen LogP contribution in [-0.4, -0.2) is 46.9 Å². The van der Waals surface area contributed by atoms with E-state index < -0.39 is 0 Å². The molecule has 0 spiro atoms. The number of carbonyl (C=O) groups is 1. The van der Waals surface area contributed by atoms with Crippen LogP contribution in [-0.2, 0) is 6.54 Å². The molecular formula is C17H21N3OS. The molecule has 1 aromatic heterocycles. The molecule has 0 aliphatic carbocycles. The van der Waals surface area contributed by atoms with Gasteiger partial charge in [-0.05, 0) is 26.0 Å². The lowest BCUT2D eigenvalue weighted by Crippen LogP contribution is -2.48. The highest BCUT2D eigenvalue weighted by Gasteiger charge is 2.22. The molecule has 0 saturated carbocycles. The molecule has 3 rings (SSSR count). The zero-order chi connectivity index (χ0) is 15.5. The Labute approximate surface area is 135 Å². The summed E-state index contributed by atoms with van der Waals surface area (Å²) in [5.41, 5.74) is 6.09. The molecule has 1 saturated heterocycles. The van der Waals surface area contributed by atoms with Crippen molar-refractivity contribution in [2.75, 3.05) is 26.2 Å². The van der Waals surface area contributed by atoms with Gasteiger partial charge in [-0.25, -0.2) is 4.98 Å². The van der Waals surface area contributed by atoms with Crippen molar-refractivity contribution in [1.29, 1.82) is 0 Å². The fourth-order valence-corrected chi connectivity index (χ4v) is 3.48. The largest absolute Gasteiger partial charge is 0.336 e. The maximum atomic E-state index is 12.6. The van der Waals surface area contributed by atoms with Crippen LogP contribution in [0.1, 0.15) is 27.2 Å². The summed E-state index contributed by atoms with van der Waals surface area (Å²) in [5.74, 6) is 0.153. The topological polar surface area (TPSA) is 36.4 Å². The Hall–Kier alpha value is -1.72. The van der Waals surface area contributed by atoms with Gasteiger partial charge in [-0.15, -0.1) is 11.3 Å². The first-order valence-corrected chi connectivity index (χ1v) is 8.53. The third-order valence-electron chi connectivity index (χ3n) is 4.00. The van der Waals surface area contributed by atoms with Crippen molar-refractivity contribution < 1.29 is 4.79 Å². The predicted molar refractivity (Wildman–Crippen MR) is 89.2 cm³/mol. The van der Waals surface area contributed by atoms with Crippen LogP contribution >= 0.6 is 11.3 Å². The molecule has 1 fully saturated rings. The van der Waals surface area contributed by atoms with E-state index in [0.717, 1.165) is 55.1 Å². The van der Waals surface area contributed by atoms with Crippen LogP contribution in [0.5, 0.6) is 0 Å². The quantitative estimate of drug-likeness (QED) is 0.874. The van der Waals surface area contributed by atoms with Gasteiger partial charge in [0.1, 0.15) is 0 Å². The van der Waals surface area contributed by atoms with Gasteiger partial charge < -0.3 is 4.90 Å². The second kappa shape index (κ2) is 6.58. The Morgan fingerprint density at radius 1 is 1.14 bits per heavy atom. The summed E-state index contributed by atoms with van der Waals surface area (Å²) >= 11 is 1.63. The van der Waals surface area contributed by atoms with Crippen molar-refractivity contribution in [3.63, 3.8) is 0 Å².